The van der Waals surface area contributed by atoms with Crippen molar-refractivity contribution in [2.24, 2.45) is 0 Å². The van der Waals surface area contributed by atoms with Crippen LogP contribution in [0.3, 0.4) is 0 Å². The SMILES string of the molecule is CC(C)c1ccc(S(=O)(=O)n2ccc3c(N4CCNCC4)nc4ccc([N+](=O)[O-])cc4c32)cc1.O=[N+]([O-])c1ccc2nc(N3CCNCC3)c3ccn(S(=O)(=O)c4cccc(C(F)(F)F)c4)c3c2c1. The average molecular weight is 985 g/mol. The van der Waals surface area contributed by atoms with Crippen molar-refractivity contribution in [3.05, 3.63) is 141 Å². The minimum Gasteiger partial charge on any atom is -0.353 e. The molecule has 0 aliphatic carbocycles. The zero-order valence-electron chi connectivity index (χ0n) is 36.9. The number of rotatable bonds is 9. The van der Waals surface area contributed by atoms with Gasteiger partial charge in [0.2, 0.25) is 0 Å². The summed E-state index contributed by atoms with van der Waals surface area (Å²) in [6.45, 7) is 9.72. The van der Waals surface area contributed by atoms with Crippen molar-refractivity contribution < 1.29 is 39.9 Å². The minimum absolute atomic E-state index is 0.114. The molecule has 0 bridgehead atoms. The number of fused-ring (bicyclic) bond motifs is 6. The summed E-state index contributed by atoms with van der Waals surface area (Å²) in [4.78, 5) is 34.9. The highest BCUT2D eigenvalue weighted by atomic mass is 32.2. The molecule has 8 aromatic rings. The maximum absolute atomic E-state index is 13.7. The van der Waals surface area contributed by atoms with Crippen LogP contribution >= 0.6 is 0 Å². The van der Waals surface area contributed by atoms with Crippen LogP contribution in [0, 0.1) is 20.2 Å². The Bertz CT molecular complexity index is 3550. The van der Waals surface area contributed by atoms with Gasteiger partial charge in [0.1, 0.15) is 11.6 Å². The number of piperazine rings is 2. The maximum Gasteiger partial charge on any atom is 0.416 e. The summed E-state index contributed by atoms with van der Waals surface area (Å²) in [5.41, 5.74) is 0.922. The van der Waals surface area contributed by atoms with E-state index in [9.17, 15) is 50.2 Å². The van der Waals surface area contributed by atoms with E-state index in [0.717, 1.165) is 53.9 Å². The van der Waals surface area contributed by atoms with Gasteiger partial charge in [0.05, 0.1) is 47.3 Å². The van der Waals surface area contributed by atoms with Crippen molar-refractivity contribution in [3.63, 3.8) is 0 Å². The Morgan fingerprint density at radius 3 is 1.46 bits per heavy atom. The van der Waals surface area contributed by atoms with Crippen molar-refractivity contribution in [2.45, 2.75) is 35.7 Å². The summed E-state index contributed by atoms with van der Waals surface area (Å²) in [5.74, 6) is 1.46. The smallest absolute Gasteiger partial charge is 0.353 e. The monoisotopic (exact) mass is 984 g/mol. The molecule has 0 unspecified atom stereocenters. The molecule has 2 aliphatic rings. The lowest BCUT2D eigenvalue weighted by Crippen LogP contribution is -2.44. The third-order valence-corrected chi connectivity index (χ3v) is 15.5. The molecule has 2 aliphatic heterocycles. The van der Waals surface area contributed by atoms with E-state index in [0.29, 0.717) is 76.6 Å². The molecule has 6 heterocycles. The van der Waals surface area contributed by atoms with Crippen LogP contribution in [0.2, 0.25) is 0 Å². The van der Waals surface area contributed by atoms with Crippen molar-refractivity contribution in [2.75, 3.05) is 62.2 Å². The first kappa shape index (κ1) is 46.9. The molecule has 18 nitrogen and oxygen atoms in total. The number of halogens is 3. The molecule has 2 saturated heterocycles. The fraction of sp³-hybridized carbons (Fsp3) is 0.261. The number of hydrogen-bond acceptors (Lipinski definition) is 14. The van der Waals surface area contributed by atoms with Gasteiger partial charge in [0.25, 0.3) is 31.4 Å². The van der Waals surface area contributed by atoms with Crippen LogP contribution in [-0.2, 0) is 26.2 Å². The number of anilines is 2. The second kappa shape index (κ2) is 18.0. The molecule has 0 saturated carbocycles. The third kappa shape index (κ3) is 8.77. The third-order valence-electron chi connectivity index (χ3n) is 12.2. The summed E-state index contributed by atoms with van der Waals surface area (Å²) in [6, 6.07) is 21.9. The molecule has 69 heavy (non-hydrogen) atoms. The fourth-order valence-electron chi connectivity index (χ4n) is 8.64. The van der Waals surface area contributed by atoms with E-state index in [1.807, 2.05) is 30.9 Å². The fourth-order valence-corrected chi connectivity index (χ4v) is 11.4. The second-order valence-electron chi connectivity index (χ2n) is 16.8. The Kier molecular flexibility index (Phi) is 12.2. The van der Waals surface area contributed by atoms with Gasteiger partial charge in [-0.25, -0.2) is 34.7 Å². The first-order chi connectivity index (χ1) is 32.8. The number of benzene rings is 4. The summed E-state index contributed by atoms with van der Waals surface area (Å²) < 4.78 is 96.4. The van der Waals surface area contributed by atoms with Crippen molar-refractivity contribution in [1.29, 1.82) is 0 Å². The largest absolute Gasteiger partial charge is 0.416 e. The van der Waals surface area contributed by atoms with Crippen LogP contribution in [0.1, 0.15) is 30.9 Å². The van der Waals surface area contributed by atoms with Gasteiger partial charge in [-0.05, 0) is 66.1 Å². The van der Waals surface area contributed by atoms with Gasteiger partial charge in [-0.15, -0.1) is 0 Å². The van der Waals surface area contributed by atoms with E-state index in [2.05, 4.69) is 20.5 Å². The predicted octanol–water partition coefficient (Wildman–Crippen LogP) is 7.63. The Morgan fingerprint density at radius 1 is 0.594 bits per heavy atom. The lowest BCUT2D eigenvalue weighted by Gasteiger charge is -2.29. The maximum atomic E-state index is 13.7. The van der Waals surface area contributed by atoms with Crippen molar-refractivity contribution in [3.8, 4) is 0 Å². The lowest BCUT2D eigenvalue weighted by atomic mass is 10.0. The molecule has 0 atom stereocenters. The summed E-state index contributed by atoms with van der Waals surface area (Å²) in [6.07, 6.45) is -1.97. The first-order valence-corrected chi connectivity index (χ1v) is 24.6. The number of nitro benzene ring substituents is 2. The van der Waals surface area contributed by atoms with E-state index in [4.69, 9.17) is 4.98 Å². The molecular formula is C46H43F3N10O8S2. The predicted molar refractivity (Wildman–Crippen MR) is 255 cm³/mol. The molecule has 23 heteroatoms. The van der Waals surface area contributed by atoms with E-state index in [1.54, 1.807) is 24.3 Å². The first-order valence-electron chi connectivity index (χ1n) is 21.7. The normalized spacial score (nSPS) is 15.0. The van der Waals surface area contributed by atoms with Crippen LogP contribution in [0.15, 0.2) is 119 Å². The Balaban J connectivity index is 0.000000172. The zero-order valence-corrected chi connectivity index (χ0v) is 38.6. The molecule has 2 fully saturated rings. The molecule has 0 amide bonds. The molecule has 10 rings (SSSR count). The number of aromatic nitrogens is 4. The number of hydrogen-bond donors (Lipinski definition) is 2. The Morgan fingerprint density at radius 2 is 1.04 bits per heavy atom. The van der Waals surface area contributed by atoms with Crippen LogP contribution in [0.4, 0.5) is 36.2 Å². The zero-order chi connectivity index (χ0) is 49.0. The molecule has 0 radical (unpaired) electrons. The van der Waals surface area contributed by atoms with Gasteiger partial charge < -0.3 is 20.4 Å². The van der Waals surface area contributed by atoms with Gasteiger partial charge in [0.15, 0.2) is 0 Å². The molecule has 0 spiro atoms. The van der Waals surface area contributed by atoms with Gasteiger partial charge in [0, 0.05) is 111 Å². The van der Waals surface area contributed by atoms with Gasteiger partial charge in [-0.3, -0.25) is 20.2 Å². The highest BCUT2D eigenvalue weighted by molar-refractivity contribution is 7.90. The van der Waals surface area contributed by atoms with Crippen molar-refractivity contribution in [1.82, 2.24) is 28.5 Å². The average Bonchev–Trinajstić information content (AvgIpc) is 4.02. The van der Waals surface area contributed by atoms with E-state index < -0.39 is 46.5 Å². The van der Waals surface area contributed by atoms with Gasteiger partial charge in [-0.2, -0.15) is 13.2 Å². The standard InChI is InChI=1S/C24H25N5O4S.C22H18F3N5O4S/c1-16(2)17-3-6-19(7-4-17)34(32,33)28-12-9-20-23(28)21-15-18(29(30)31)5-8-22(21)26-24(20)27-13-10-25-11-14-27;23-22(24,25)14-2-1-3-16(12-14)35(33,34)29-9-6-17-20(29)18-13-15(30(31)32)4-5-19(18)27-21(17)28-10-7-26-8-11-28/h3-9,12,15-16,25H,10-11,13-14H2,1-2H3;1-6,9,12-13,26H,7-8,10-11H2. The number of non-ortho nitro benzene ring substituents is 2. The van der Waals surface area contributed by atoms with Crippen LogP contribution in [0.25, 0.3) is 43.6 Å². The minimum atomic E-state index is -4.73. The van der Waals surface area contributed by atoms with Crippen LogP contribution in [0.5, 0.6) is 0 Å². The summed E-state index contributed by atoms with van der Waals surface area (Å²) in [7, 11) is -8.44. The van der Waals surface area contributed by atoms with E-state index in [-0.39, 0.29) is 33.1 Å². The highest BCUT2D eigenvalue weighted by Crippen LogP contribution is 2.39. The topological polar surface area (TPSA) is 221 Å². The molecule has 2 N–H and O–H groups in total. The Hall–Kier alpha value is -7.21. The molecular weight excluding hydrogens is 942 g/mol. The summed E-state index contributed by atoms with van der Waals surface area (Å²) >= 11 is 0. The van der Waals surface area contributed by atoms with Gasteiger partial charge in [-0.1, -0.05) is 32.0 Å². The lowest BCUT2D eigenvalue weighted by molar-refractivity contribution is -0.384. The number of nitrogens with zero attached hydrogens (tertiary/aromatic N) is 8. The number of pyridine rings is 2. The quantitative estimate of drug-likeness (QED) is 0.105. The van der Waals surface area contributed by atoms with Crippen LogP contribution in [-0.4, -0.2) is 97.0 Å². The molecule has 4 aromatic heterocycles. The van der Waals surface area contributed by atoms with E-state index in [1.165, 1.54) is 52.8 Å². The highest BCUT2D eigenvalue weighted by Gasteiger charge is 2.33. The van der Waals surface area contributed by atoms with Crippen LogP contribution < -0.4 is 20.4 Å². The number of nitro groups is 2. The molecule has 358 valence electrons. The second-order valence-corrected chi connectivity index (χ2v) is 20.4. The van der Waals surface area contributed by atoms with E-state index >= 15 is 0 Å². The number of alkyl halides is 3. The summed E-state index contributed by atoms with van der Waals surface area (Å²) in [5, 5.41) is 31.1. The van der Waals surface area contributed by atoms with Crippen molar-refractivity contribution >= 4 is 86.7 Å². The number of nitrogens with one attached hydrogen (secondary N) is 2. The van der Waals surface area contributed by atoms with Gasteiger partial charge >= 0.3 is 6.18 Å². The molecule has 4 aromatic carbocycles. The Labute approximate surface area is 392 Å².